The standard InChI is InChI=1S/C18H28BrNO/c1-5-6-7-8-9-12-20-17(21)14-10-11-15(16(19)13-14)18(2,3)4/h10-11,13H,5-9,12H2,1-4H3,(H,20,21). The number of nitrogens with one attached hydrogen (secondary N) is 1. The highest BCUT2D eigenvalue weighted by Gasteiger charge is 2.18. The first kappa shape index (κ1) is 18.2. The third-order valence-corrected chi connectivity index (χ3v) is 4.26. The lowest BCUT2D eigenvalue weighted by Crippen LogP contribution is -2.24. The molecule has 1 N–H and O–H groups in total. The highest BCUT2D eigenvalue weighted by atomic mass is 79.9. The lowest BCUT2D eigenvalue weighted by molar-refractivity contribution is 0.0953. The minimum atomic E-state index is 0.0200. The first-order valence-electron chi connectivity index (χ1n) is 7.94. The van der Waals surface area contributed by atoms with Crippen molar-refractivity contribution in [3.8, 4) is 0 Å². The largest absolute Gasteiger partial charge is 0.352 e. The van der Waals surface area contributed by atoms with E-state index in [0.29, 0.717) is 0 Å². The number of benzene rings is 1. The van der Waals surface area contributed by atoms with Crippen LogP contribution in [-0.2, 0) is 5.41 Å². The third kappa shape index (κ3) is 6.21. The molecule has 0 bridgehead atoms. The number of rotatable bonds is 7. The lowest BCUT2D eigenvalue weighted by Gasteiger charge is -2.21. The zero-order valence-electron chi connectivity index (χ0n) is 13.8. The van der Waals surface area contributed by atoms with E-state index in [2.05, 4.69) is 48.9 Å². The molecular formula is C18H28BrNO. The van der Waals surface area contributed by atoms with E-state index in [4.69, 9.17) is 0 Å². The molecule has 0 aromatic heterocycles. The Morgan fingerprint density at radius 2 is 1.81 bits per heavy atom. The molecule has 3 heteroatoms. The van der Waals surface area contributed by atoms with E-state index in [0.717, 1.165) is 23.0 Å². The van der Waals surface area contributed by atoms with Gasteiger partial charge in [0.15, 0.2) is 0 Å². The van der Waals surface area contributed by atoms with Crippen LogP contribution in [0.4, 0.5) is 0 Å². The zero-order chi connectivity index (χ0) is 15.9. The molecule has 0 unspecified atom stereocenters. The van der Waals surface area contributed by atoms with Crippen LogP contribution >= 0.6 is 15.9 Å². The van der Waals surface area contributed by atoms with E-state index >= 15 is 0 Å². The van der Waals surface area contributed by atoms with Crippen LogP contribution in [0.3, 0.4) is 0 Å². The number of halogens is 1. The zero-order valence-corrected chi connectivity index (χ0v) is 15.3. The third-order valence-electron chi connectivity index (χ3n) is 3.61. The van der Waals surface area contributed by atoms with Crippen LogP contribution in [0.15, 0.2) is 22.7 Å². The fourth-order valence-corrected chi connectivity index (χ4v) is 3.27. The normalized spacial score (nSPS) is 11.5. The van der Waals surface area contributed by atoms with Gasteiger partial charge in [-0.15, -0.1) is 0 Å². The highest BCUT2D eigenvalue weighted by molar-refractivity contribution is 9.10. The molecule has 21 heavy (non-hydrogen) atoms. The van der Waals surface area contributed by atoms with Crippen molar-refractivity contribution in [2.45, 2.75) is 65.2 Å². The second-order valence-electron chi connectivity index (χ2n) is 6.61. The molecule has 0 heterocycles. The summed E-state index contributed by atoms with van der Waals surface area (Å²) in [6.45, 7) is 9.48. The Morgan fingerprint density at radius 1 is 1.14 bits per heavy atom. The van der Waals surface area contributed by atoms with Crippen LogP contribution in [0.1, 0.15) is 75.7 Å². The maximum atomic E-state index is 12.1. The van der Waals surface area contributed by atoms with Crippen LogP contribution in [0, 0.1) is 0 Å². The van der Waals surface area contributed by atoms with Gasteiger partial charge in [0.2, 0.25) is 0 Å². The highest BCUT2D eigenvalue weighted by Crippen LogP contribution is 2.30. The monoisotopic (exact) mass is 353 g/mol. The summed E-state index contributed by atoms with van der Waals surface area (Å²) in [5, 5.41) is 3.00. The fourth-order valence-electron chi connectivity index (χ4n) is 2.30. The summed E-state index contributed by atoms with van der Waals surface area (Å²) < 4.78 is 1.01. The van der Waals surface area contributed by atoms with Gasteiger partial charge < -0.3 is 5.32 Å². The van der Waals surface area contributed by atoms with Gasteiger partial charge in [-0.25, -0.2) is 0 Å². The predicted octanol–water partition coefficient (Wildman–Crippen LogP) is 5.45. The topological polar surface area (TPSA) is 29.1 Å². The minimum absolute atomic E-state index is 0.0200. The molecule has 0 radical (unpaired) electrons. The number of carbonyl (C=O) groups excluding carboxylic acids is 1. The minimum Gasteiger partial charge on any atom is -0.352 e. The van der Waals surface area contributed by atoms with E-state index in [-0.39, 0.29) is 11.3 Å². The summed E-state index contributed by atoms with van der Waals surface area (Å²) in [7, 11) is 0. The number of carbonyl (C=O) groups is 1. The molecule has 0 spiro atoms. The van der Waals surface area contributed by atoms with Crippen molar-refractivity contribution < 1.29 is 4.79 Å². The Morgan fingerprint density at radius 3 is 2.38 bits per heavy atom. The second-order valence-corrected chi connectivity index (χ2v) is 7.47. The maximum absolute atomic E-state index is 12.1. The van der Waals surface area contributed by atoms with Crippen molar-refractivity contribution in [1.29, 1.82) is 0 Å². The Balaban J connectivity index is 2.50. The molecule has 0 fully saturated rings. The summed E-state index contributed by atoms with van der Waals surface area (Å²) in [6, 6.07) is 5.88. The van der Waals surface area contributed by atoms with Crippen molar-refractivity contribution in [1.82, 2.24) is 5.32 Å². The van der Waals surface area contributed by atoms with Crippen molar-refractivity contribution >= 4 is 21.8 Å². The smallest absolute Gasteiger partial charge is 0.251 e. The van der Waals surface area contributed by atoms with E-state index in [1.807, 2.05) is 18.2 Å². The molecular weight excluding hydrogens is 326 g/mol. The van der Waals surface area contributed by atoms with Crippen LogP contribution in [0.25, 0.3) is 0 Å². The van der Waals surface area contributed by atoms with E-state index in [1.54, 1.807) is 0 Å². The van der Waals surface area contributed by atoms with Gasteiger partial charge in [0.1, 0.15) is 0 Å². The number of hydrogen-bond donors (Lipinski definition) is 1. The van der Waals surface area contributed by atoms with Crippen LogP contribution < -0.4 is 5.32 Å². The van der Waals surface area contributed by atoms with Gasteiger partial charge in [0, 0.05) is 16.6 Å². The van der Waals surface area contributed by atoms with Crippen LogP contribution in [-0.4, -0.2) is 12.5 Å². The summed E-state index contributed by atoms with van der Waals surface area (Å²) in [5.41, 5.74) is 2.02. The van der Waals surface area contributed by atoms with Crippen molar-refractivity contribution in [2.75, 3.05) is 6.54 Å². The molecule has 0 atom stereocenters. The molecule has 0 aliphatic rings. The van der Waals surface area contributed by atoms with E-state index in [1.165, 1.54) is 31.2 Å². The molecule has 0 saturated heterocycles. The van der Waals surface area contributed by atoms with Crippen molar-refractivity contribution in [2.24, 2.45) is 0 Å². The van der Waals surface area contributed by atoms with Crippen molar-refractivity contribution in [3.63, 3.8) is 0 Å². The average molecular weight is 354 g/mol. The molecule has 0 saturated carbocycles. The van der Waals surface area contributed by atoms with E-state index < -0.39 is 0 Å². The van der Waals surface area contributed by atoms with Crippen molar-refractivity contribution in [3.05, 3.63) is 33.8 Å². The quantitative estimate of drug-likeness (QED) is 0.649. The van der Waals surface area contributed by atoms with Gasteiger partial charge in [-0.2, -0.15) is 0 Å². The van der Waals surface area contributed by atoms with Crippen LogP contribution in [0.2, 0.25) is 0 Å². The Kier molecular flexibility index (Phi) is 7.44. The molecule has 2 nitrogen and oxygen atoms in total. The first-order valence-corrected chi connectivity index (χ1v) is 8.73. The molecule has 1 aromatic rings. The van der Waals surface area contributed by atoms with Gasteiger partial charge in [0.25, 0.3) is 5.91 Å². The average Bonchev–Trinajstić information content (AvgIpc) is 2.41. The lowest BCUT2D eigenvalue weighted by atomic mass is 9.86. The first-order chi connectivity index (χ1) is 9.86. The summed E-state index contributed by atoms with van der Waals surface area (Å²) >= 11 is 3.58. The fraction of sp³-hybridized carbons (Fsp3) is 0.611. The molecule has 1 rings (SSSR count). The molecule has 1 aromatic carbocycles. The number of unbranched alkanes of at least 4 members (excludes halogenated alkanes) is 4. The van der Waals surface area contributed by atoms with Gasteiger partial charge in [-0.3, -0.25) is 4.79 Å². The molecule has 1 amide bonds. The number of amides is 1. The van der Waals surface area contributed by atoms with Gasteiger partial charge in [-0.1, -0.05) is 75.4 Å². The van der Waals surface area contributed by atoms with Gasteiger partial charge in [-0.05, 0) is 29.5 Å². The second kappa shape index (κ2) is 8.57. The Labute approximate surface area is 137 Å². The summed E-state index contributed by atoms with van der Waals surface area (Å²) in [6.07, 6.45) is 6.06. The van der Waals surface area contributed by atoms with Gasteiger partial charge in [0.05, 0.1) is 0 Å². The SMILES string of the molecule is CCCCCCCNC(=O)c1ccc(C(C)(C)C)c(Br)c1. The van der Waals surface area contributed by atoms with E-state index in [9.17, 15) is 4.79 Å². The molecule has 0 aliphatic carbocycles. The Hall–Kier alpha value is -0.830. The number of hydrogen-bond acceptors (Lipinski definition) is 1. The maximum Gasteiger partial charge on any atom is 0.251 e. The van der Waals surface area contributed by atoms with Crippen LogP contribution in [0.5, 0.6) is 0 Å². The summed E-state index contributed by atoms with van der Waals surface area (Å²) in [4.78, 5) is 12.1. The van der Waals surface area contributed by atoms with Gasteiger partial charge >= 0.3 is 0 Å². The predicted molar refractivity (Wildman–Crippen MR) is 93.9 cm³/mol. The molecule has 0 aliphatic heterocycles. The molecule has 118 valence electrons. The Bertz CT molecular complexity index is 463. The summed E-state index contributed by atoms with van der Waals surface area (Å²) in [5.74, 6) is 0.0200.